The molecule has 6 nitrogen and oxygen atoms in total. The molecule has 2 rings (SSSR count). The Morgan fingerprint density at radius 2 is 1.83 bits per heavy atom. The Balaban J connectivity index is 2.68. The molecule has 0 saturated carbocycles. The van der Waals surface area contributed by atoms with E-state index in [9.17, 15) is 26.4 Å². The molecule has 24 heavy (non-hydrogen) atoms. The molecule has 1 heterocycles. The molecule has 0 N–H and O–H groups in total. The van der Waals surface area contributed by atoms with Gasteiger partial charge in [-0.2, -0.15) is 13.2 Å². The highest BCUT2D eigenvalue weighted by Gasteiger charge is 2.34. The lowest BCUT2D eigenvalue weighted by Crippen LogP contribution is -2.14. The van der Waals surface area contributed by atoms with Crippen LogP contribution >= 0.6 is 0 Å². The average molecular weight is 360 g/mol. The Morgan fingerprint density at radius 3 is 2.38 bits per heavy atom. The molecular formula is C14H11F3N2O4S. The van der Waals surface area contributed by atoms with Gasteiger partial charge >= 0.3 is 12.1 Å². The summed E-state index contributed by atoms with van der Waals surface area (Å²) in [5.74, 6) is -0.690. The number of methoxy groups -OCH3 is 1. The van der Waals surface area contributed by atoms with Crippen LogP contribution in [-0.4, -0.2) is 37.7 Å². The fourth-order valence-electron chi connectivity index (χ4n) is 1.81. The first-order valence-electron chi connectivity index (χ1n) is 6.37. The number of nitrogens with zero attached hydrogens (tertiary/aromatic N) is 2. The third-order valence-corrected chi connectivity index (χ3v) is 3.75. The minimum Gasteiger partial charge on any atom is -0.465 e. The summed E-state index contributed by atoms with van der Waals surface area (Å²) in [7, 11) is -2.91. The first-order chi connectivity index (χ1) is 11.0. The maximum Gasteiger partial charge on any atom is 0.433 e. The molecule has 0 aliphatic rings. The Labute approximate surface area is 135 Å². The number of hydrogen-bond acceptors (Lipinski definition) is 6. The summed E-state index contributed by atoms with van der Waals surface area (Å²) in [6, 6.07) is 6.07. The van der Waals surface area contributed by atoms with E-state index in [1.807, 2.05) is 0 Å². The zero-order valence-corrected chi connectivity index (χ0v) is 13.3. The van der Waals surface area contributed by atoms with Crippen molar-refractivity contribution >= 4 is 15.8 Å². The number of carbonyl (C=O) groups is 1. The smallest absolute Gasteiger partial charge is 0.433 e. The molecule has 1 aromatic heterocycles. The fraction of sp³-hybridized carbons (Fsp3) is 0.214. The quantitative estimate of drug-likeness (QED) is 0.617. The Hall–Kier alpha value is -2.49. The zero-order valence-electron chi connectivity index (χ0n) is 12.5. The van der Waals surface area contributed by atoms with E-state index in [1.165, 1.54) is 24.3 Å². The molecule has 1 aromatic carbocycles. The largest absolute Gasteiger partial charge is 0.465 e. The van der Waals surface area contributed by atoms with Crippen LogP contribution < -0.4 is 0 Å². The minimum atomic E-state index is -4.85. The molecule has 0 amide bonds. The van der Waals surface area contributed by atoms with Crippen molar-refractivity contribution in [2.75, 3.05) is 13.4 Å². The fourth-order valence-corrected chi connectivity index (χ4v) is 2.34. The van der Waals surface area contributed by atoms with Crippen molar-refractivity contribution in [3.63, 3.8) is 0 Å². The van der Waals surface area contributed by atoms with Crippen LogP contribution in [0, 0.1) is 0 Å². The second kappa shape index (κ2) is 6.19. The highest BCUT2D eigenvalue weighted by molar-refractivity contribution is 7.90. The second-order valence-electron chi connectivity index (χ2n) is 4.76. The first kappa shape index (κ1) is 17.9. The third kappa shape index (κ3) is 3.88. The molecule has 10 heteroatoms. The summed E-state index contributed by atoms with van der Waals surface area (Å²) in [6.07, 6.45) is -4.14. The zero-order chi connectivity index (χ0) is 18.1. The Morgan fingerprint density at radius 1 is 1.17 bits per heavy atom. The van der Waals surface area contributed by atoms with Gasteiger partial charge in [-0.15, -0.1) is 0 Å². The number of hydrogen-bond donors (Lipinski definition) is 0. The molecule has 0 spiro atoms. The maximum absolute atomic E-state index is 13.0. The van der Waals surface area contributed by atoms with Crippen LogP contribution in [0.3, 0.4) is 0 Å². The molecule has 0 bridgehead atoms. The average Bonchev–Trinajstić information content (AvgIpc) is 2.52. The number of alkyl halides is 3. The monoisotopic (exact) mass is 360 g/mol. The van der Waals surface area contributed by atoms with Gasteiger partial charge in [0, 0.05) is 11.8 Å². The molecular weight excluding hydrogens is 349 g/mol. The number of benzene rings is 1. The topological polar surface area (TPSA) is 86.2 Å². The van der Waals surface area contributed by atoms with Crippen molar-refractivity contribution in [2.24, 2.45) is 0 Å². The number of rotatable bonds is 3. The van der Waals surface area contributed by atoms with Crippen LogP contribution in [0.1, 0.15) is 16.1 Å². The van der Waals surface area contributed by atoms with Gasteiger partial charge in [-0.25, -0.2) is 23.2 Å². The number of carbonyl (C=O) groups excluding carboxylic acids is 1. The first-order valence-corrected chi connectivity index (χ1v) is 8.26. The molecule has 128 valence electrons. The minimum absolute atomic E-state index is 0.0862. The molecule has 2 aromatic rings. The summed E-state index contributed by atoms with van der Waals surface area (Å²) in [5.41, 5.74) is -1.46. The van der Waals surface area contributed by atoms with Crippen molar-refractivity contribution in [3.8, 4) is 11.3 Å². The highest BCUT2D eigenvalue weighted by Crippen LogP contribution is 2.31. The number of halogens is 3. The number of esters is 1. The van der Waals surface area contributed by atoms with E-state index in [1.54, 1.807) is 0 Å². The van der Waals surface area contributed by atoms with E-state index < -0.39 is 32.8 Å². The number of sulfone groups is 1. The molecule has 0 fully saturated rings. The summed E-state index contributed by atoms with van der Waals surface area (Å²) in [5, 5.41) is -0.948. The van der Waals surface area contributed by atoms with Crippen LogP contribution in [0.25, 0.3) is 11.3 Å². The molecule has 0 atom stereocenters. The number of aromatic nitrogens is 2. The van der Waals surface area contributed by atoms with Gasteiger partial charge in [-0.1, -0.05) is 12.1 Å². The second-order valence-corrected chi connectivity index (χ2v) is 6.67. The Bertz CT molecular complexity index is 895. The van der Waals surface area contributed by atoms with E-state index in [0.717, 1.165) is 7.11 Å². The van der Waals surface area contributed by atoms with E-state index in [4.69, 9.17) is 0 Å². The van der Waals surface area contributed by atoms with Crippen LogP contribution in [0.2, 0.25) is 0 Å². The van der Waals surface area contributed by atoms with Crippen molar-refractivity contribution in [2.45, 2.75) is 11.3 Å². The van der Waals surface area contributed by atoms with Crippen LogP contribution in [0.4, 0.5) is 13.2 Å². The lowest BCUT2D eigenvalue weighted by molar-refractivity contribution is -0.141. The van der Waals surface area contributed by atoms with Crippen molar-refractivity contribution in [1.29, 1.82) is 0 Å². The summed E-state index contributed by atoms with van der Waals surface area (Å²) in [6.45, 7) is 0. The van der Waals surface area contributed by atoms with Gasteiger partial charge < -0.3 is 4.74 Å². The molecule has 0 radical (unpaired) electrons. The normalized spacial score (nSPS) is 12.0. The number of ether oxygens (including phenoxy) is 1. The van der Waals surface area contributed by atoms with Crippen LogP contribution in [0.15, 0.2) is 35.5 Å². The molecule has 0 unspecified atom stereocenters. The SMILES string of the molecule is COC(=O)c1cccc(-c2cc(C(F)(F)F)nc(S(C)(=O)=O)n2)c1. The summed E-state index contributed by atoms with van der Waals surface area (Å²) >= 11 is 0. The Kier molecular flexibility index (Phi) is 4.61. The lowest BCUT2D eigenvalue weighted by atomic mass is 10.1. The predicted molar refractivity (Wildman–Crippen MR) is 76.9 cm³/mol. The lowest BCUT2D eigenvalue weighted by Gasteiger charge is -2.10. The highest BCUT2D eigenvalue weighted by atomic mass is 32.2. The van der Waals surface area contributed by atoms with Gasteiger partial charge in [0.1, 0.15) is 5.69 Å². The van der Waals surface area contributed by atoms with Gasteiger partial charge in [0.05, 0.1) is 18.4 Å². The summed E-state index contributed by atoms with van der Waals surface area (Å²) in [4.78, 5) is 18.2. The molecule has 0 saturated heterocycles. The van der Waals surface area contributed by atoms with Gasteiger partial charge in [-0.3, -0.25) is 0 Å². The van der Waals surface area contributed by atoms with E-state index in [2.05, 4.69) is 14.7 Å². The van der Waals surface area contributed by atoms with E-state index in [-0.39, 0.29) is 16.8 Å². The van der Waals surface area contributed by atoms with Crippen LogP contribution in [-0.2, 0) is 20.8 Å². The molecule has 0 aliphatic carbocycles. The van der Waals surface area contributed by atoms with Crippen molar-refractivity contribution in [1.82, 2.24) is 9.97 Å². The van der Waals surface area contributed by atoms with Gasteiger partial charge in [0.15, 0.2) is 0 Å². The van der Waals surface area contributed by atoms with Gasteiger partial charge in [-0.05, 0) is 18.2 Å². The molecule has 0 aliphatic heterocycles. The van der Waals surface area contributed by atoms with E-state index in [0.29, 0.717) is 12.3 Å². The van der Waals surface area contributed by atoms with Gasteiger partial charge in [0.25, 0.3) is 0 Å². The van der Waals surface area contributed by atoms with Crippen molar-refractivity contribution < 1.29 is 31.1 Å². The third-order valence-electron chi connectivity index (χ3n) is 2.91. The van der Waals surface area contributed by atoms with Gasteiger partial charge in [0.2, 0.25) is 15.0 Å². The predicted octanol–water partition coefficient (Wildman–Crippen LogP) is 2.35. The summed E-state index contributed by atoms with van der Waals surface area (Å²) < 4.78 is 66.5. The maximum atomic E-state index is 13.0. The standard InChI is InChI=1S/C14H11F3N2O4S/c1-23-12(20)9-5-3-4-8(6-9)10-7-11(14(15,16)17)19-13(18-10)24(2,21)22/h3-7H,1-2H3. The van der Waals surface area contributed by atoms with E-state index >= 15 is 0 Å². The van der Waals surface area contributed by atoms with Crippen molar-refractivity contribution in [3.05, 3.63) is 41.6 Å². The van der Waals surface area contributed by atoms with Crippen LogP contribution in [0.5, 0.6) is 0 Å².